The molecule has 2 aromatic heterocycles. The molecule has 3 heterocycles. The van der Waals surface area contributed by atoms with Crippen molar-refractivity contribution in [1.82, 2.24) is 20.5 Å². The maximum absolute atomic E-state index is 14.8. The molecule has 0 saturated carbocycles. The van der Waals surface area contributed by atoms with Crippen molar-refractivity contribution in [1.29, 1.82) is 0 Å². The standard InChI is InChI=1S/C28H26F4N6O2S.ClH/c1-33-13-17-5-4-12-38(15-17)25-20(36-26(39)21-16-41-27(37-21)18-10-11-34-35-14-18)8-9-23(24(25)28(30,31)32)40-22-7-3-2-6-19(22)29;/h2-3,6-11,14,16-17,33H,4-5,12-13,15H2,1H3,(H,36,39);1H/t17-;/m0./s1. The van der Waals surface area contributed by atoms with Crippen LogP contribution in [-0.4, -0.2) is 47.8 Å². The van der Waals surface area contributed by atoms with Gasteiger partial charge in [-0.2, -0.15) is 23.4 Å². The van der Waals surface area contributed by atoms with Gasteiger partial charge in [0.15, 0.2) is 11.6 Å². The van der Waals surface area contributed by atoms with Gasteiger partial charge in [-0.3, -0.25) is 4.79 Å². The summed E-state index contributed by atoms with van der Waals surface area (Å²) in [6.07, 6.45) is -0.385. The highest BCUT2D eigenvalue weighted by atomic mass is 35.5. The molecule has 0 bridgehead atoms. The Balaban J connectivity index is 0.00000405. The van der Waals surface area contributed by atoms with Gasteiger partial charge in [-0.15, -0.1) is 23.7 Å². The number of hydrogen-bond acceptors (Lipinski definition) is 8. The number of carbonyl (C=O) groups is 1. The summed E-state index contributed by atoms with van der Waals surface area (Å²) < 4.78 is 64.3. The second-order valence-electron chi connectivity index (χ2n) is 9.50. The highest BCUT2D eigenvalue weighted by Crippen LogP contribution is 2.48. The van der Waals surface area contributed by atoms with Crippen molar-refractivity contribution >= 4 is 41.0 Å². The molecule has 0 unspecified atom stereocenters. The molecule has 14 heteroatoms. The third kappa shape index (κ3) is 6.97. The molecule has 5 rings (SSSR count). The first-order chi connectivity index (χ1) is 19.7. The van der Waals surface area contributed by atoms with Gasteiger partial charge in [0.2, 0.25) is 0 Å². The number of thiazole rings is 1. The number of ether oxygens (including phenoxy) is 1. The lowest BCUT2D eigenvalue weighted by Gasteiger charge is -2.37. The van der Waals surface area contributed by atoms with Gasteiger partial charge in [-0.25, -0.2) is 9.37 Å². The molecule has 0 spiro atoms. The van der Waals surface area contributed by atoms with Crippen molar-refractivity contribution < 1.29 is 27.1 Å². The topological polar surface area (TPSA) is 92.3 Å². The second-order valence-corrected chi connectivity index (χ2v) is 10.4. The largest absolute Gasteiger partial charge is 0.454 e. The second kappa shape index (κ2) is 13.4. The third-order valence-corrected chi connectivity index (χ3v) is 7.52. The third-order valence-electron chi connectivity index (χ3n) is 6.62. The van der Waals surface area contributed by atoms with E-state index in [2.05, 4.69) is 25.8 Å². The average Bonchev–Trinajstić information content (AvgIpc) is 3.46. The molecule has 222 valence electrons. The summed E-state index contributed by atoms with van der Waals surface area (Å²) in [5.41, 5.74) is -0.671. The van der Waals surface area contributed by atoms with Crippen LogP contribution in [0.2, 0.25) is 0 Å². The first-order valence-electron chi connectivity index (χ1n) is 12.8. The van der Waals surface area contributed by atoms with Gasteiger partial charge in [0, 0.05) is 24.0 Å². The van der Waals surface area contributed by atoms with Crippen molar-refractivity contribution in [3.63, 3.8) is 0 Å². The summed E-state index contributed by atoms with van der Waals surface area (Å²) in [5, 5.41) is 15.3. The number of carbonyl (C=O) groups excluding carboxylic acids is 1. The van der Waals surface area contributed by atoms with Crippen molar-refractivity contribution in [2.24, 2.45) is 5.92 Å². The minimum absolute atomic E-state index is 0. The van der Waals surface area contributed by atoms with Crippen LogP contribution in [0.5, 0.6) is 11.5 Å². The Morgan fingerprint density at radius 1 is 1.14 bits per heavy atom. The predicted molar refractivity (Wildman–Crippen MR) is 155 cm³/mol. The minimum Gasteiger partial charge on any atom is -0.454 e. The molecule has 1 atom stereocenters. The van der Waals surface area contributed by atoms with Crippen LogP contribution in [0.25, 0.3) is 10.6 Å². The zero-order valence-corrected chi connectivity index (χ0v) is 24.0. The molecule has 1 saturated heterocycles. The van der Waals surface area contributed by atoms with Crippen LogP contribution in [0, 0.1) is 11.7 Å². The summed E-state index contributed by atoms with van der Waals surface area (Å²) in [5.74, 6) is -2.28. The van der Waals surface area contributed by atoms with Crippen molar-refractivity contribution in [2.75, 3.05) is 36.9 Å². The van der Waals surface area contributed by atoms with E-state index in [0.717, 1.165) is 18.6 Å². The Hall–Kier alpha value is -3.81. The van der Waals surface area contributed by atoms with Crippen LogP contribution < -0.4 is 20.3 Å². The monoisotopic (exact) mass is 622 g/mol. The Kier molecular flexibility index (Phi) is 9.97. The van der Waals surface area contributed by atoms with Crippen LogP contribution in [0.1, 0.15) is 28.9 Å². The number of anilines is 2. The molecule has 4 aromatic rings. The van der Waals surface area contributed by atoms with Crippen LogP contribution >= 0.6 is 23.7 Å². The molecule has 1 amide bonds. The number of nitrogens with zero attached hydrogens (tertiary/aromatic N) is 4. The molecular weight excluding hydrogens is 596 g/mol. The van der Waals surface area contributed by atoms with Crippen LogP contribution in [0.3, 0.4) is 0 Å². The fourth-order valence-electron chi connectivity index (χ4n) is 4.84. The molecule has 0 aliphatic carbocycles. The number of aromatic nitrogens is 3. The number of benzene rings is 2. The summed E-state index contributed by atoms with van der Waals surface area (Å²) in [6.45, 7) is 1.29. The number of para-hydroxylation sites is 1. The Morgan fingerprint density at radius 3 is 2.67 bits per heavy atom. The van der Waals surface area contributed by atoms with Crippen LogP contribution in [0.15, 0.2) is 60.2 Å². The lowest BCUT2D eigenvalue weighted by molar-refractivity contribution is -0.138. The van der Waals surface area contributed by atoms with E-state index in [-0.39, 0.29) is 41.1 Å². The average molecular weight is 623 g/mol. The number of amides is 1. The lowest BCUT2D eigenvalue weighted by atomic mass is 9.96. The van der Waals surface area contributed by atoms with Gasteiger partial charge < -0.3 is 20.3 Å². The fourth-order valence-corrected chi connectivity index (χ4v) is 5.64. The van der Waals surface area contributed by atoms with E-state index in [1.165, 1.54) is 53.4 Å². The van der Waals surface area contributed by atoms with Crippen molar-refractivity contribution in [3.05, 3.63) is 77.3 Å². The van der Waals surface area contributed by atoms with E-state index in [0.29, 0.717) is 36.6 Å². The van der Waals surface area contributed by atoms with Gasteiger partial charge in [0.1, 0.15) is 22.0 Å². The molecule has 1 fully saturated rings. The van der Waals surface area contributed by atoms with E-state index in [4.69, 9.17) is 4.74 Å². The Labute approximate surface area is 249 Å². The molecular formula is C28H27ClF4N6O2S. The number of rotatable bonds is 8. The van der Waals surface area contributed by atoms with Gasteiger partial charge in [-0.05, 0) is 62.7 Å². The Bertz CT molecular complexity index is 1520. The van der Waals surface area contributed by atoms with Gasteiger partial charge >= 0.3 is 6.18 Å². The summed E-state index contributed by atoms with van der Waals surface area (Å²) in [6, 6.07) is 9.38. The lowest BCUT2D eigenvalue weighted by Crippen LogP contribution is -2.40. The molecule has 1 aliphatic rings. The van der Waals surface area contributed by atoms with Crippen LogP contribution in [0.4, 0.5) is 28.9 Å². The van der Waals surface area contributed by atoms with E-state index in [1.807, 2.05) is 0 Å². The zero-order chi connectivity index (χ0) is 29.0. The number of nitrogens with one attached hydrogen (secondary N) is 2. The number of piperidine rings is 1. The fraction of sp³-hybridized carbons (Fsp3) is 0.286. The highest BCUT2D eigenvalue weighted by molar-refractivity contribution is 7.13. The smallest absolute Gasteiger partial charge is 0.422 e. The van der Waals surface area contributed by atoms with Crippen molar-refractivity contribution in [2.45, 2.75) is 19.0 Å². The Morgan fingerprint density at radius 2 is 1.95 bits per heavy atom. The molecule has 1 aliphatic heterocycles. The highest BCUT2D eigenvalue weighted by Gasteiger charge is 2.41. The van der Waals surface area contributed by atoms with E-state index in [1.54, 1.807) is 18.0 Å². The minimum atomic E-state index is -4.88. The number of halogens is 5. The molecule has 2 aromatic carbocycles. The quantitative estimate of drug-likeness (QED) is 0.212. The normalized spacial score (nSPS) is 15.2. The van der Waals surface area contributed by atoms with E-state index in [9.17, 15) is 22.4 Å². The van der Waals surface area contributed by atoms with Crippen LogP contribution in [-0.2, 0) is 6.18 Å². The summed E-state index contributed by atoms with van der Waals surface area (Å²) in [7, 11) is 1.79. The first-order valence-corrected chi connectivity index (χ1v) is 13.7. The summed E-state index contributed by atoms with van der Waals surface area (Å²) >= 11 is 1.20. The van der Waals surface area contributed by atoms with E-state index < -0.39 is 29.2 Å². The van der Waals surface area contributed by atoms with Gasteiger partial charge in [0.25, 0.3) is 5.91 Å². The predicted octanol–water partition coefficient (Wildman–Crippen LogP) is 6.66. The van der Waals surface area contributed by atoms with Gasteiger partial charge in [0.05, 0.1) is 23.8 Å². The maximum Gasteiger partial charge on any atom is 0.422 e. The SMILES string of the molecule is CNC[C@@H]1CCCN(c2c(NC(=O)c3csc(-c4ccnnc4)n3)ccc(Oc3ccccc3F)c2C(F)(F)F)C1.Cl. The molecule has 0 radical (unpaired) electrons. The first kappa shape index (κ1) is 31.1. The number of alkyl halides is 3. The van der Waals surface area contributed by atoms with Gasteiger partial charge in [-0.1, -0.05) is 12.1 Å². The zero-order valence-electron chi connectivity index (χ0n) is 22.3. The molecule has 42 heavy (non-hydrogen) atoms. The maximum atomic E-state index is 14.8. The number of hydrogen-bond donors (Lipinski definition) is 2. The van der Waals surface area contributed by atoms with E-state index >= 15 is 0 Å². The molecule has 8 nitrogen and oxygen atoms in total. The molecule has 2 N–H and O–H groups in total. The summed E-state index contributed by atoms with van der Waals surface area (Å²) in [4.78, 5) is 19.2. The van der Waals surface area contributed by atoms with Crippen molar-refractivity contribution in [3.8, 4) is 22.1 Å².